The van der Waals surface area contributed by atoms with Crippen LogP contribution in [0.4, 0.5) is 0 Å². The Balaban J connectivity index is -0.0000000750. The Kier molecular flexibility index (Phi) is 48.3. The summed E-state index contributed by atoms with van der Waals surface area (Å²) < 4.78 is 0. The largest absolute Gasteiger partial charge is 1.00 e. The molecule has 0 heterocycles. The predicted octanol–water partition coefficient (Wildman–Crippen LogP) is -2.58. The van der Waals surface area contributed by atoms with E-state index in [4.69, 9.17) is 10.5 Å². The molecule has 0 aliphatic rings. The fraction of sp³-hybridized carbons (Fsp3) is 0.800. The van der Waals surface area contributed by atoms with E-state index in [1.54, 1.807) is 0 Å². The van der Waals surface area contributed by atoms with Crippen molar-refractivity contribution in [3.8, 4) is 0 Å². The maximum atomic E-state index is 8.25. The van der Waals surface area contributed by atoms with E-state index in [9.17, 15) is 0 Å². The summed E-state index contributed by atoms with van der Waals surface area (Å²) in [6.45, 7) is 2.06. The van der Waals surface area contributed by atoms with Crippen molar-refractivity contribution >= 4 is 6.21 Å². The summed E-state index contributed by atoms with van der Waals surface area (Å²) in [5.74, 6) is 0. The van der Waals surface area contributed by atoms with E-state index in [0.717, 1.165) is 20.0 Å². The summed E-state index contributed by atoms with van der Waals surface area (Å²) >= 11 is 0. The fourth-order valence-corrected chi connectivity index (χ4v) is 0.144. The van der Waals surface area contributed by atoms with E-state index in [-0.39, 0.29) is 51.4 Å². The first-order valence-corrected chi connectivity index (χ1v) is 2.31. The normalized spacial score (nSPS) is 5.38. The predicted molar refractivity (Wildman–Crippen MR) is 29.6 cm³/mol. The zero-order valence-electron chi connectivity index (χ0n) is 5.90. The van der Waals surface area contributed by atoms with Crippen molar-refractivity contribution in [2.45, 2.75) is 19.8 Å². The van der Waals surface area contributed by atoms with Crippen LogP contribution in [-0.4, -0.2) is 13.3 Å². The second-order valence-electron chi connectivity index (χ2n) is 0.993. The average molecular weight is 141 g/mol. The number of hydrogen-bond donors (Lipinski definition) is 1. The molecule has 0 aromatic rings. The zero-order chi connectivity index (χ0) is 6.12. The molecule has 0 bridgehead atoms. The molecule has 0 aromatic carbocycles. The Morgan fingerprint density at radius 3 is 1.88 bits per heavy atom. The second kappa shape index (κ2) is 24.0. The molecule has 0 rings (SSSR count). The zero-order valence-corrected chi connectivity index (χ0v) is 9.02. The SMILES string of the molecule is CCCC=N.C[O-].[K+]. The van der Waals surface area contributed by atoms with E-state index in [2.05, 4.69) is 6.92 Å². The van der Waals surface area contributed by atoms with Gasteiger partial charge in [0.25, 0.3) is 0 Å². The van der Waals surface area contributed by atoms with Crippen molar-refractivity contribution in [3.05, 3.63) is 0 Å². The van der Waals surface area contributed by atoms with E-state index in [0.29, 0.717) is 0 Å². The molecule has 3 heteroatoms. The van der Waals surface area contributed by atoms with Crippen LogP contribution in [0.2, 0.25) is 0 Å². The molecule has 0 spiro atoms. The maximum absolute atomic E-state index is 8.25. The van der Waals surface area contributed by atoms with E-state index >= 15 is 0 Å². The van der Waals surface area contributed by atoms with Gasteiger partial charge in [-0.2, -0.15) is 7.11 Å². The van der Waals surface area contributed by atoms with Gasteiger partial charge in [-0.1, -0.05) is 13.3 Å². The Hall–Kier alpha value is 1.27. The van der Waals surface area contributed by atoms with E-state index < -0.39 is 0 Å². The fourth-order valence-electron chi connectivity index (χ4n) is 0.144. The van der Waals surface area contributed by atoms with Crippen LogP contribution in [0.1, 0.15) is 19.8 Å². The van der Waals surface area contributed by atoms with Gasteiger partial charge in [0.1, 0.15) is 0 Å². The summed E-state index contributed by atoms with van der Waals surface area (Å²) in [7, 11) is 0.750. The molecule has 0 atom stereocenters. The number of nitrogens with one attached hydrogen (secondary N) is 1. The minimum absolute atomic E-state index is 0. The molecule has 0 unspecified atom stereocenters. The standard InChI is InChI=1S/C4H9N.CH3O.K/c1-2-3-4-5;1-2;/h4-5H,2-3H2,1H3;1H3;/q;-1;+1. The minimum Gasteiger partial charge on any atom is -0.857 e. The molecule has 0 saturated carbocycles. The monoisotopic (exact) mass is 141 g/mol. The first-order valence-electron chi connectivity index (χ1n) is 2.31. The van der Waals surface area contributed by atoms with Crippen LogP contribution in [0, 0.1) is 5.41 Å². The summed E-state index contributed by atoms with van der Waals surface area (Å²) in [6.07, 6.45) is 3.46. The van der Waals surface area contributed by atoms with Crippen molar-refractivity contribution in [2.75, 3.05) is 7.11 Å². The quantitative estimate of drug-likeness (QED) is 0.333. The Labute approximate surface area is 93.6 Å². The van der Waals surface area contributed by atoms with Crippen molar-refractivity contribution in [3.63, 3.8) is 0 Å². The van der Waals surface area contributed by atoms with Crippen LogP contribution < -0.4 is 56.5 Å². The summed E-state index contributed by atoms with van der Waals surface area (Å²) in [5, 5.41) is 14.7. The van der Waals surface area contributed by atoms with Gasteiger partial charge in [-0.05, 0) is 12.6 Å². The van der Waals surface area contributed by atoms with Crippen molar-refractivity contribution in [1.82, 2.24) is 0 Å². The molecule has 8 heavy (non-hydrogen) atoms. The third-order valence-corrected chi connectivity index (χ3v) is 0.433. The number of hydrogen-bond acceptors (Lipinski definition) is 2. The minimum atomic E-state index is 0. The summed E-state index contributed by atoms with van der Waals surface area (Å²) in [4.78, 5) is 0. The van der Waals surface area contributed by atoms with Crippen LogP contribution in [0.5, 0.6) is 0 Å². The van der Waals surface area contributed by atoms with E-state index in [1.165, 1.54) is 6.21 Å². The van der Waals surface area contributed by atoms with Gasteiger partial charge in [0.2, 0.25) is 0 Å². The number of unbranched alkanes of at least 4 members (excludes halogenated alkanes) is 1. The molecule has 44 valence electrons. The summed E-state index contributed by atoms with van der Waals surface area (Å²) in [6, 6.07) is 0. The Bertz CT molecular complexity index is 33.6. The molecule has 0 saturated heterocycles. The van der Waals surface area contributed by atoms with Crippen molar-refractivity contribution in [2.24, 2.45) is 0 Å². The molecule has 0 amide bonds. The molecule has 0 radical (unpaired) electrons. The van der Waals surface area contributed by atoms with Crippen molar-refractivity contribution in [1.29, 1.82) is 5.41 Å². The number of rotatable bonds is 2. The molecule has 0 aliphatic carbocycles. The van der Waals surface area contributed by atoms with Crippen LogP contribution in [0.25, 0.3) is 0 Å². The van der Waals surface area contributed by atoms with Gasteiger partial charge in [-0.15, -0.1) is 0 Å². The van der Waals surface area contributed by atoms with Gasteiger partial charge in [0.05, 0.1) is 0 Å². The molecular formula is C5H12KNO. The third kappa shape index (κ3) is 26.7. The first-order chi connectivity index (χ1) is 3.41. The molecule has 0 aliphatic heterocycles. The summed E-state index contributed by atoms with van der Waals surface area (Å²) in [5.41, 5.74) is 0. The van der Waals surface area contributed by atoms with E-state index in [1.807, 2.05) is 0 Å². The topological polar surface area (TPSA) is 46.9 Å². The third-order valence-electron chi connectivity index (χ3n) is 0.433. The van der Waals surface area contributed by atoms with Gasteiger partial charge < -0.3 is 10.5 Å². The first kappa shape index (κ1) is 16.1. The Morgan fingerprint density at radius 2 is 1.88 bits per heavy atom. The van der Waals surface area contributed by atoms with Gasteiger partial charge in [0.15, 0.2) is 0 Å². The average Bonchev–Trinajstić information content (AvgIpc) is 1.75. The smallest absolute Gasteiger partial charge is 0.857 e. The Morgan fingerprint density at radius 1 is 1.50 bits per heavy atom. The van der Waals surface area contributed by atoms with Gasteiger partial charge >= 0.3 is 51.4 Å². The second-order valence-corrected chi connectivity index (χ2v) is 0.993. The van der Waals surface area contributed by atoms with Crippen LogP contribution >= 0.6 is 0 Å². The molecule has 0 aromatic heterocycles. The van der Waals surface area contributed by atoms with Crippen LogP contribution in [0.3, 0.4) is 0 Å². The molecule has 0 fully saturated rings. The van der Waals surface area contributed by atoms with Gasteiger partial charge in [0, 0.05) is 0 Å². The van der Waals surface area contributed by atoms with Gasteiger partial charge in [-0.3, -0.25) is 0 Å². The molecule has 1 N–H and O–H groups in total. The van der Waals surface area contributed by atoms with Crippen LogP contribution in [-0.2, 0) is 0 Å². The van der Waals surface area contributed by atoms with Crippen molar-refractivity contribution < 1.29 is 56.5 Å². The maximum Gasteiger partial charge on any atom is 1.00 e. The molecule has 2 nitrogen and oxygen atoms in total. The van der Waals surface area contributed by atoms with Gasteiger partial charge in [-0.25, -0.2) is 0 Å². The molecular weight excluding hydrogens is 129 g/mol. The van der Waals surface area contributed by atoms with Crippen LogP contribution in [0.15, 0.2) is 0 Å².